The van der Waals surface area contributed by atoms with Crippen molar-refractivity contribution in [2.24, 2.45) is 5.41 Å². The molecule has 2 atom stereocenters. The van der Waals surface area contributed by atoms with Crippen molar-refractivity contribution in [2.45, 2.75) is 25.9 Å². The Bertz CT molecular complexity index is 931. The van der Waals surface area contributed by atoms with E-state index in [9.17, 15) is 24.2 Å². The number of methoxy groups -OCH3 is 1. The van der Waals surface area contributed by atoms with Crippen molar-refractivity contribution in [3.8, 4) is 5.75 Å². The van der Waals surface area contributed by atoms with E-state index in [0.29, 0.717) is 16.9 Å². The third-order valence-electron chi connectivity index (χ3n) is 5.49. The number of hydrogen-bond donors (Lipinski definition) is 2. The highest BCUT2D eigenvalue weighted by atomic mass is 19.1. The van der Waals surface area contributed by atoms with E-state index in [-0.39, 0.29) is 31.8 Å². The Morgan fingerprint density at radius 3 is 2.69 bits per heavy atom. The Hall–Kier alpha value is -2.93. The number of carboxylic acid groups (broad SMARTS) is 1. The maximum Gasteiger partial charge on any atom is 0.314 e. The minimum atomic E-state index is -1.63. The summed E-state index contributed by atoms with van der Waals surface area (Å²) in [6, 6.07) is 10.8. The van der Waals surface area contributed by atoms with E-state index >= 15 is 0 Å². The molecule has 0 spiro atoms. The lowest BCUT2D eigenvalue weighted by Crippen LogP contribution is -2.58. The highest BCUT2D eigenvalue weighted by Gasteiger charge is 2.50. The van der Waals surface area contributed by atoms with Crippen molar-refractivity contribution < 1.29 is 28.9 Å². The first-order chi connectivity index (χ1) is 13.8. The van der Waals surface area contributed by atoms with Crippen LogP contribution in [0, 0.1) is 18.2 Å². The van der Waals surface area contributed by atoms with Gasteiger partial charge in [0.1, 0.15) is 17.0 Å². The van der Waals surface area contributed by atoms with E-state index in [1.54, 1.807) is 18.2 Å². The van der Waals surface area contributed by atoms with Crippen LogP contribution in [-0.4, -0.2) is 53.3 Å². The lowest BCUT2D eigenvalue weighted by atomic mass is 9.72. The van der Waals surface area contributed by atoms with Crippen molar-refractivity contribution in [3.63, 3.8) is 0 Å². The van der Waals surface area contributed by atoms with Gasteiger partial charge >= 0.3 is 5.97 Å². The Balaban J connectivity index is 1.94. The smallest absolute Gasteiger partial charge is 0.314 e. The van der Waals surface area contributed by atoms with Crippen molar-refractivity contribution in [1.82, 2.24) is 4.90 Å². The molecule has 154 valence electrons. The zero-order valence-corrected chi connectivity index (χ0v) is 16.4. The highest BCUT2D eigenvalue weighted by molar-refractivity contribution is 5.97. The molecule has 2 aromatic carbocycles. The number of benzene rings is 2. The highest BCUT2D eigenvalue weighted by Crippen LogP contribution is 2.36. The second kappa shape index (κ2) is 8.21. The van der Waals surface area contributed by atoms with Gasteiger partial charge in [-0.3, -0.25) is 9.59 Å². The number of hydrogen-bond acceptors (Lipinski definition) is 4. The SMILES string of the molecule is COc1ccc(C)cc1C(=O)N1CC[C@H](O)[C@](Cc2cccc(F)c2)(C(=O)O)C1. The molecule has 0 aliphatic carbocycles. The third kappa shape index (κ3) is 4.10. The van der Waals surface area contributed by atoms with Crippen molar-refractivity contribution >= 4 is 11.9 Å². The first kappa shape index (κ1) is 20.8. The Labute approximate surface area is 168 Å². The van der Waals surface area contributed by atoms with E-state index in [2.05, 4.69) is 0 Å². The third-order valence-corrected chi connectivity index (χ3v) is 5.49. The minimum Gasteiger partial charge on any atom is -0.496 e. The number of carbonyl (C=O) groups is 2. The first-order valence-corrected chi connectivity index (χ1v) is 9.36. The maximum absolute atomic E-state index is 13.6. The number of rotatable bonds is 5. The molecule has 1 heterocycles. The van der Waals surface area contributed by atoms with Gasteiger partial charge in [-0.15, -0.1) is 0 Å². The van der Waals surface area contributed by atoms with Gasteiger partial charge in [-0.05, 0) is 49.6 Å². The number of likely N-dealkylation sites (tertiary alicyclic amines) is 1. The molecule has 0 saturated carbocycles. The van der Waals surface area contributed by atoms with Crippen LogP contribution in [0.2, 0.25) is 0 Å². The van der Waals surface area contributed by atoms with E-state index in [0.717, 1.165) is 5.56 Å². The summed E-state index contributed by atoms with van der Waals surface area (Å²) in [7, 11) is 1.47. The molecule has 0 aromatic heterocycles. The van der Waals surface area contributed by atoms with Gasteiger partial charge in [0, 0.05) is 13.1 Å². The fraction of sp³-hybridized carbons (Fsp3) is 0.364. The fourth-order valence-electron chi connectivity index (χ4n) is 3.88. The van der Waals surface area contributed by atoms with Crippen LogP contribution in [-0.2, 0) is 11.2 Å². The molecule has 1 amide bonds. The first-order valence-electron chi connectivity index (χ1n) is 9.36. The van der Waals surface area contributed by atoms with Gasteiger partial charge < -0.3 is 19.8 Å². The van der Waals surface area contributed by atoms with E-state index in [1.165, 1.54) is 30.2 Å². The Kier molecular flexibility index (Phi) is 5.88. The maximum atomic E-state index is 13.6. The summed E-state index contributed by atoms with van der Waals surface area (Å²) in [4.78, 5) is 26.8. The molecule has 0 radical (unpaired) electrons. The van der Waals surface area contributed by atoms with E-state index in [4.69, 9.17) is 4.74 Å². The largest absolute Gasteiger partial charge is 0.496 e. The van der Waals surface area contributed by atoms with E-state index < -0.39 is 23.3 Å². The number of halogens is 1. The molecule has 2 aromatic rings. The van der Waals surface area contributed by atoms with Crippen molar-refractivity contribution in [1.29, 1.82) is 0 Å². The molecule has 0 bridgehead atoms. The summed E-state index contributed by atoms with van der Waals surface area (Å²) in [6.45, 7) is 1.88. The van der Waals surface area contributed by atoms with Crippen LogP contribution in [0.25, 0.3) is 0 Å². The van der Waals surface area contributed by atoms with Crippen molar-refractivity contribution in [3.05, 3.63) is 65.0 Å². The van der Waals surface area contributed by atoms with E-state index in [1.807, 2.05) is 13.0 Å². The average Bonchev–Trinajstić information content (AvgIpc) is 2.69. The fourth-order valence-corrected chi connectivity index (χ4v) is 3.88. The number of aliphatic carboxylic acids is 1. The monoisotopic (exact) mass is 401 g/mol. The van der Waals surface area contributed by atoms with Crippen LogP contribution in [0.5, 0.6) is 5.75 Å². The normalized spacial score (nSPS) is 21.7. The van der Waals surface area contributed by atoms with Crippen LogP contribution < -0.4 is 4.74 Å². The Morgan fingerprint density at radius 2 is 2.03 bits per heavy atom. The molecule has 3 rings (SSSR count). The minimum absolute atomic E-state index is 0.0873. The van der Waals surface area contributed by atoms with Gasteiger partial charge in [0.15, 0.2) is 0 Å². The topological polar surface area (TPSA) is 87.1 Å². The van der Waals surface area contributed by atoms with Gasteiger partial charge in [0.25, 0.3) is 5.91 Å². The molecule has 2 N–H and O–H groups in total. The summed E-state index contributed by atoms with van der Waals surface area (Å²) in [6.07, 6.45) is -1.14. The predicted octanol–water partition coefficient (Wildman–Crippen LogP) is 2.66. The standard InChI is InChI=1S/C22H24FNO5/c1-14-6-7-18(29-2)17(10-14)20(26)24-9-8-19(25)22(13-24,21(27)28)12-15-4-3-5-16(23)11-15/h3-7,10-11,19,25H,8-9,12-13H2,1-2H3,(H,27,28)/t19-,22+/m0/s1. The number of carbonyl (C=O) groups excluding carboxylic acids is 1. The second-order valence-electron chi connectivity index (χ2n) is 7.50. The number of aryl methyl sites for hydroxylation is 1. The molecule has 7 heteroatoms. The Morgan fingerprint density at radius 1 is 1.28 bits per heavy atom. The molecule has 29 heavy (non-hydrogen) atoms. The van der Waals surface area contributed by atoms with Crippen molar-refractivity contribution in [2.75, 3.05) is 20.2 Å². The number of aliphatic hydroxyl groups is 1. The lowest BCUT2D eigenvalue weighted by Gasteiger charge is -2.43. The lowest BCUT2D eigenvalue weighted by molar-refractivity contribution is -0.161. The summed E-state index contributed by atoms with van der Waals surface area (Å²) in [5, 5.41) is 20.6. The molecule has 0 unspecified atom stereocenters. The quantitative estimate of drug-likeness (QED) is 0.804. The zero-order chi connectivity index (χ0) is 21.2. The molecular weight excluding hydrogens is 377 g/mol. The molecule has 1 fully saturated rings. The average molecular weight is 401 g/mol. The molecule has 1 aliphatic rings. The summed E-state index contributed by atoms with van der Waals surface area (Å²) >= 11 is 0. The zero-order valence-electron chi connectivity index (χ0n) is 16.4. The van der Waals surface area contributed by atoms with Crippen LogP contribution in [0.4, 0.5) is 4.39 Å². The molecule has 1 aliphatic heterocycles. The summed E-state index contributed by atoms with van der Waals surface area (Å²) in [5.41, 5.74) is 0.0388. The van der Waals surface area contributed by atoms with Crippen LogP contribution in [0.15, 0.2) is 42.5 Å². The molecule has 1 saturated heterocycles. The van der Waals surface area contributed by atoms with Gasteiger partial charge in [-0.1, -0.05) is 23.8 Å². The number of ether oxygens (including phenoxy) is 1. The number of piperidine rings is 1. The number of carboxylic acids is 1. The van der Waals surface area contributed by atoms with Gasteiger partial charge in [0.05, 0.1) is 18.8 Å². The predicted molar refractivity (Wildman–Crippen MR) is 104 cm³/mol. The van der Waals surface area contributed by atoms with Crippen LogP contribution in [0.3, 0.4) is 0 Å². The number of amides is 1. The molecular formula is C22H24FNO5. The summed E-state index contributed by atoms with van der Waals surface area (Å²) < 4.78 is 18.9. The van der Waals surface area contributed by atoms with Crippen LogP contribution >= 0.6 is 0 Å². The number of aliphatic hydroxyl groups excluding tert-OH is 1. The summed E-state index contributed by atoms with van der Waals surface area (Å²) in [5.74, 6) is -1.66. The number of nitrogens with zero attached hydrogens (tertiary/aromatic N) is 1. The van der Waals surface area contributed by atoms with Crippen LogP contribution in [0.1, 0.15) is 27.9 Å². The van der Waals surface area contributed by atoms with Gasteiger partial charge in [-0.2, -0.15) is 0 Å². The van der Waals surface area contributed by atoms with Gasteiger partial charge in [0.2, 0.25) is 0 Å². The second-order valence-corrected chi connectivity index (χ2v) is 7.50. The van der Waals surface area contributed by atoms with Gasteiger partial charge in [-0.25, -0.2) is 4.39 Å². The molecule has 6 nitrogen and oxygen atoms in total.